The highest BCUT2D eigenvalue weighted by Crippen LogP contribution is 2.33. The number of carbonyl (C=O) groups is 1. The van der Waals surface area contributed by atoms with Gasteiger partial charge in [-0.15, -0.1) is 0 Å². The standard InChI is InChI=1S/C18H20O4/c1-18(2,3)13-10-11-15(20-4)16(12-13)22-17(19)21-14-8-6-5-7-9-14/h5-12H,1-4H3. The van der Waals surface area contributed by atoms with Crippen molar-refractivity contribution < 1.29 is 19.0 Å². The van der Waals surface area contributed by atoms with Crippen LogP contribution in [0.5, 0.6) is 17.2 Å². The van der Waals surface area contributed by atoms with Gasteiger partial charge >= 0.3 is 6.16 Å². The molecule has 0 aromatic heterocycles. The molecule has 0 fully saturated rings. The lowest BCUT2D eigenvalue weighted by Crippen LogP contribution is -2.16. The van der Waals surface area contributed by atoms with E-state index in [4.69, 9.17) is 14.2 Å². The average Bonchev–Trinajstić information content (AvgIpc) is 2.47. The van der Waals surface area contributed by atoms with Crippen LogP contribution in [0.15, 0.2) is 48.5 Å². The first kappa shape index (κ1) is 15.9. The lowest BCUT2D eigenvalue weighted by molar-refractivity contribution is 0.150. The first-order chi connectivity index (χ1) is 10.4. The van der Waals surface area contributed by atoms with Crippen molar-refractivity contribution in [2.24, 2.45) is 0 Å². The maximum Gasteiger partial charge on any atom is 0.519 e. The van der Waals surface area contributed by atoms with E-state index in [-0.39, 0.29) is 5.41 Å². The zero-order chi connectivity index (χ0) is 16.2. The Morgan fingerprint density at radius 1 is 0.909 bits per heavy atom. The van der Waals surface area contributed by atoms with E-state index < -0.39 is 6.16 Å². The lowest BCUT2D eigenvalue weighted by Gasteiger charge is -2.20. The molecule has 0 aliphatic carbocycles. The van der Waals surface area contributed by atoms with Gasteiger partial charge in [-0.05, 0) is 35.2 Å². The topological polar surface area (TPSA) is 44.8 Å². The molecular formula is C18H20O4. The maximum absolute atomic E-state index is 11.9. The highest BCUT2D eigenvalue weighted by molar-refractivity contribution is 5.68. The highest BCUT2D eigenvalue weighted by Gasteiger charge is 2.18. The van der Waals surface area contributed by atoms with Crippen LogP contribution >= 0.6 is 0 Å². The van der Waals surface area contributed by atoms with Crippen LogP contribution in [0, 0.1) is 0 Å². The molecule has 2 rings (SSSR count). The van der Waals surface area contributed by atoms with Gasteiger partial charge in [0.25, 0.3) is 0 Å². The molecule has 0 heterocycles. The molecular weight excluding hydrogens is 280 g/mol. The lowest BCUT2D eigenvalue weighted by atomic mass is 9.87. The Labute approximate surface area is 130 Å². The van der Waals surface area contributed by atoms with E-state index in [1.807, 2.05) is 12.1 Å². The van der Waals surface area contributed by atoms with Crippen LogP contribution in [0.3, 0.4) is 0 Å². The Balaban J connectivity index is 2.18. The molecule has 0 unspecified atom stereocenters. The quantitative estimate of drug-likeness (QED) is 0.615. The van der Waals surface area contributed by atoms with E-state index in [2.05, 4.69) is 20.8 Å². The number of carbonyl (C=O) groups excluding carboxylic acids is 1. The SMILES string of the molecule is COc1ccc(C(C)(C)C)cc1OC(=O)Oc1ccccc1. The minimum absolute atomic E-state index is 0.0618. The van der Waals surface area contributed by atoms with E-state index in [1.54, 1.807) is 36.4 Å². The molecule has 0 spiro atoms. The van der Waals surface area contributed by atoms with E-state index >= 15 is 0 Å². The van der Waals surface area contributed by atoms with Gasteiger partial charge in [-0.3, -0.25) is 0 Å². The number of benzene rings is 2. The van der Waals surface area contributed by atoms with Crippen molar-refractivity contribution in [1.82, 2.24) is 0 Å². The molecule has 0 bridgehead atoms. The predicted molar refractivity (Wildman–Crippen MR) is 84.8 cm³/mol. The zero-order valence-corrected chi connectivity index (χ0v) is 13.3. The minimum Gasteiger partial charge on any atom is -0.493 e. The Morgan fingerprint density at radius 2 is 1.59 bits per heavy atom. The van der Waals surface area contributed by atoms with Gasteiger partial charge in [-0.1, -0.05) is 45.0 Å². The Kier molecular flexibility index (Phi) is 4.71. The average molecular weight is 300 g/mol. The molecule has 0 aliphatic rings. The normalized spacial score (nSPS) is 10.9. The molecule has 0 aliphatic heterocycles. The second-order valence-electron chi connectivity index (χ2n) is 5.88. The summed E-state index contributed by atoms with van der Waals surface area (Å²) in [5.74, 6) is 1.26. The molecule has 0 saturated heterocycles. The number of methoxy groups -OCH3 is 1. The van der Waals surface area contributed by atoms with Crippen LogP contribution < -0.4 is 14.2 Å². The van der Waals surface area contributed by atoms with Gasteiger partial charge in [0, 0.05) is 0 Å². The molecule has 116 valence electrons. The van der Waals surface area contributed by atoms with Crippen LogP contribution in [0.2, 0.25) is 0 Å². The van der Waals surface area contributed by atoms with Gasteiger partial charge in [-0.25, -0.2) is 4.79 Å². The van der Waals surface area contributed by atoms with Crippen LogP contribution in [-0.4, -0.2) is 13.3 Å². The molecule has 2 aromatic carbocycles. The van der Waals surface area contributed by atoms with Crippen molar-refractivity contribution in [2.45, 2.75) is 26.2 Å². The second kappa shape index (κ2) is 6.52. The van der Waals surface area contributed by atoms with Gasteiger partial charge in [0.05, 0.1) is 7.11 Å². The predicted octanol–water partition coefficient (Wildman–Crippen LogP) is 4.57. The molecule has 0 radical (unpaired) electrons. The number of hydrogen-bond acceptors (Lipinski definition) is 4. The molecule has 0 atom stereocenters. The van der Waals surface area contributed by atoms with Crippen molar-refractivity contribution in [3.05, 3.63) is 54.1 Å². The summed E-state index contributed by atoms with van der Waals surface area (Å²) in [6, 6.07) is 14.3. The molecule has 0 saturated carbocycles. The van der Waals surface area contributed by atoms with Crippen molar-refractivity contribution in [2.75, 3.05) is 7.11 Å². The summed E-state index contributed by atoms with van der Waals surface area (Å²) in [5.41, 5.74) is 0.976. The van der Waals surface area contributed by atoms with Crippen LogP contribution in [0.25, 0.3) is 0 Å². The van der Waals surface area contributed by atoms with Crippen molar-refractivity contribution in [3.8, 4) is 17.2 Å². The zero-order valence-electron chi connectivity index (χ0n) is 13.3. The molecule has 4 heteroatoms. The minimum atomic E-state index is -0.796. The van der Waals surface area contributed by atoms with Crippen molar-refractivity contribution in [3.63, 3.8) is 0 Å². The smallest absolute Gasteiger partial charge is 0.493 e. The first-order valence-electron chi connectivity index (χ1n) is 7.03. The summed E-state index contributed by atoms with van der Waals surface area (Å²) >= 11 is 0. The third-order valence-corrected chi connectivity index (χ3v) is 3.17. The Morgan fingerprint density at radius 3 is 2.18 bits per heavy atom. The van der Waals surface area contributed by atoms with Crippen LogP contribution in [0.4, 0.5) is 4.79 Å². The number of para-hydroxylation sites is 1. The van der Waals surface area contributed by atoms with Gasteiger partial charge < -0.3 is 14.2 Å². The molecule has 0 amide bonds. The van der Waals surface area contributed by atoms with E-state index in [0.717, 1.165) is 5.56 Å². The summed E-state index contributed by atoms with van der Waals surface area (Å²) in [6.07, 6.45) is -0.796. The third-order valence-electron chi connectivity index (χ3n) is 3.17. The van der Waals surface area contributed by atoms with Gasteiger partial charge in [0.15, 0.2) is 11.5 Å². The summed E-state index contributed by atoms with van der Waals surface area (Å²) in [7, 11) is 1.53. The van der Waals surface area contributed by atoms with Crippen molar-refractivity contribution in [1.29, 1.82) is 0 Å². The third kappa shape index (κ3) is 4.01. The van der Waals surface area contributed by atoms with E-state index in [0.29, 0.717) is 17.2 Å². The van der Waals surface area contributed by atoms with Gasteiger partial charge in [0.2, 0.25) is 0 Å². The largest absolute Gasteiger partial charge is 0.519 e. The van der Waals surface area contributed by atoms with Gasteiger partial charge in [-0.2, -0.15) is 0 Å². The summed E-state index contributed by atoms with van der Waals surface area (Å²) in [6.45, 7) is 6.25. The summed E-state index contributed by atoms with van der Waals surface area (Å²) in [4.78, 5) is 11.9. The maximum atomic E-state index is 11.9. The first-order valence-corrected chi connectivity index (χ1v) is 7.03. The van der Waals surface area contributed by atoms with E-state index in [1.165, 1.54) is 7.11 Å². The molecule has 22 heavy (non-hydrogen) atoms. The molecule has 0 N–H and O–H groups in total. The number of rotatable bonds is 3. The Bertz CT molecular complexity index is 642. The van der Waals surface area contributed by atoms with Crippen LogP contribution in [0.1, 0.15) is 26.3 Å². The Hall–Kier alpha value is -2.49. The summed E-state index contributed by atoms with van der Waals surface area (Å²) in [5, 5.41) is 0. The number of ether oxygens (including phenoxy) is 3. The highest BCUT2D eigenvalue weighted by atomic mass is 16.7. The van der Waals surface area contributed by atoms with E-state index in [9.17, 15) is 4.79 Å². The fourth-order valence-electron chi connectivity index (χ4n) is 1.92. The molecule has 2 aromatic rings. The fourth-order valence-corrected chi connectivity index (χ4v) is 1.92. The van der Waals surface area contributed by atoms with Crippen LogP contribution in [-0.2, 0) is 5.41 Å². The number of hydrogen-bond donors (Lipinski definition) is 0. The van der Waals surface area contributed by atoms with Crippen molar-refractivity contribution >= 4 is 6.16 Å². The molecule has 4 nitrogen and oxygen atoms in total. The van der Waals surface area contributed by atoms with Gasteiger partial charge in [0.1, 0.15) is 5.75 Å². The monoisotopic (exact) mass is 300 g/mol. The fraction of sp³-hybridized carbons (Fsp3) is 0.278. The second-order valence-corrected chi connectivity index (χ2v) is 5.88. The summed E-state index contributed by atoms with van der Waals surface area (Å²) < 4.78 is 15.6.